The van der Waals surface area contributed by atoms with Crippen molar-refractivity contribution in [2.75, 3.05) is 19.0 Å². The zero-order chi connectivity index (χ0) is 24.9. The van der Waals surface area contributed by atoms with Gasteiger partial charge in [0, 0.05) is 12.1 Å². The molecule has 0 saturated heterocycles. The highest BCUT2D eigenvalue weighted by Gasteiger charge is 2.37. The number of fused-ring (bicyclic) bond motifs is 1. The van der Waals surface area contributed by atoms with Crippen molar-refractivity contribution in [3.8, 4) is 11.5 Å². The number of benzene rings is 2. The van der Waals surface area contributed by atoms with Crippen LogP contribution < -0.4 is 20.3 Å². The molecule has 0 bridgehead atoms. The number of carbonyl (C=O) groups excluding carboxylic acids is 3. The summed E-state index contributed by atoms with van der Waals surface area (Å²) in [4.78, 5) is 38.8. The van der Waals surface area contributed by atoms with Crippen LogP contribution in [0.3, 0.4) is 0 Å². The van der Waals surface area contributed by atoms with Crippen molar-refractivity contribution < 1.29 is 33.8 Å². The first-order valence-electron chi connectivity index (χ1n) is 10.7. The number of hydroxylamine groups is 1. The lowest BCUT2D eigenvalue weighted by molar-refractivity contribution is -0.131. The third-order valence-corrected chi connectivity index (χ3v) is 5.09. The standard InChI is InChI=1S/C24H29N3O7/c1-24(2,3)34-23(30)27-13-16-11-19(33-14-21(28)26-31)8-5-15(16)12-20(27)22(29)25-17-6-9-18(32-4)10-7-17/h5-11,20,31H,12-14H2,1-4H3,(H,25,29)(H,26,28). The summed E-state index contributed by atoms with van der Waals surface area (Å²) < 4.78 is 16.1. The van der Waals surface area contributed by atoms with E-state index in [0.29, 0.717) is 17.2 Å². The lowest BCUT2D eigenvalue weighted by atomic mass is 9.93. The molecule has 0 aliphatic carbocycles. The van der Waals surface area contributed by atoms with E-state index < -0.39 is 23.6 Å². The predicted octanol–water partition coefficient (Wildman–Crippen LogP) is 2.88. The molecule has 0 saturated carbocycles. The van der Waals surface area contributed by atoms with Gasteiger partial charge >= 0.3 is 6.09 Å². The van der Waals surface area contributed by atoms with Crippen LogP contribution in [-0.4, -0.2) is 53.4 Å². The second-order valence-electron chi connectivity index (χ2n) is 8.80. The predicted molar refractivity (Wildman–Crippen MR) is 123 cm³/mol. The number of rotatable bonds is 6. The third-order valence-electron chi connectivity index (χ3n) is 5.09. The van der Waals surface area contributed by atoms with Crippen molar-refractivity contribution in [3.05, 3.63) is 53.6 Å². The number of carbonyl (C=O) groups is 3. The number of hydrogen-bond donors (Lipinski definition) is 3. The minimum atomic E-state index is -0.795. The van der Waals surface area contributed by atoms with Gasteiger partial charge in [0.2, 0.25) is 5.91 Å². The number of methoxy groups -OCH3 is 1. The summed E-state index contributed by atoms with van der Waals surface area (Å²) in [5.74, 6) is 0.0204. The lowest BCUT2D eigenvalue weighted by Gasteiger charge is -2.37. The molecule has 3 N–H and O–H groups in total. The molecule has 1 heterocycles. The number of nitrogens with zero attached hydrogens (tertiary/aromatic N) is 1. The van der Waals surface area contributed by atoms with E-state index in [4.69, 9.17) is 19.4 Å². The molecule has 2 aromatic carbocycles. The van der Waals surface area contributed by atoms with Crippen LogP contribution in [0.1, 0.15) is 31.9 Å². The number of amides is 3. The molecule has 1 unspecified atom stereocenters. The molecule has 0 aromatic heterocycles. The molecule has 1 aliphatic heterocycles. The van der Waals surface area contributed by atoms with E-state index in [-0.39, 0.29) is 25.5 Å². The molecule has 3 amide bonds. The molecule has 34 heavy (non-hydrogen) atoms. The molecule has 0 radical (unpaired) electrons. The van der Waals surface area contributed by atoms with Crippen molar-refractivity contribution in [1.82, 2.24) is 10.4 Å². The maximum atomic E-state index is 13.2. The number of ether oxygens (including phenoxy) is 3. The Balaban J connectivity index is 1.84. The molecule has 3 rings (SSSR count). The van der Waals surface area contributed by atoms with Crippen LogP contribution in [0.5, 0.6) is 11.5 Å². The molecular weight excluding hydrogens is 442 g/mol. The van der Waals surface area contributed by atoms with Gasteiger partial charge in [0.15, 0.2) is 6.61 Å². The van der Waals surface area contributed by atoms with Gasteiger partial charge in [-0.05, 0) is 68.3 Å². The van der Waals surface area contributed by atoms with Crippen molar-refractivity contribution in [2.45, 2.75) is 45.4 Å². The number of hydrogen-bond acceptors (Lipinski definition) is 7. The zero-order valence-electron chi connectivity index (χ0n) is 19.6. The van der Waals surface area contributed by atoms with Crippen molar-refractivity contribution in [1.29, 1.82) is 0 Å². The summed E-state index contributed by atoms with van der Waals surface area (Å²) in [6.45, 7) is 5.03. The minimum absolute atomic E-state index is 0.119. The SMILES string of the molecule is COc1ccc(NC(=O)C2Cc3ccc(OCC(=O)NO)cc3CN2C(=O)OC(C)(C)C)cc1. The average molecular weight is 472 g/mol. The molecule has 10 heteroatoms. The van der Waals surface area contributed by atoms with E-state index in [1.165, 1.54) is 10.4 Å². The Bertz CT molecular complexity index is 1050. The van der Waals surface area contributed by atoms with Gasteiger partial charge in [0.05, 0.1) is 13.7 Å². The van der Waals surface area contributed by atoms with Crippen LogP contribution in [0.15, 0.2) is 42.5 Å². The van der Waals surface area contributed by atoms with E-state index >= 15 is 0 Å². The molecule has 0 fully saturated rings. The minimum Gasteiger partial charge on any atom is -0.497 e. The molecular formula is C24H29N3O7. The molecule has 1 aliphatic rings. The van der Waals surface area contributed by atoms with Gasteiger partial charge in [0.25, 0.3) is 5.91 Å². The van der Waals surface area contributed by atoms with Gasteiger partial charge in [-0.3, -0.25) is 19.7 Å². The Morgan fingerprint density at radius 2 is 1.74 bits per heavy atom. The largest absolute Gasteiger partial charge is 0.497 e. The fourth-order valence-corrected chi connectivity index (χ4v) is 3.48. The summed E-state index contributed by atoms with van der Waals surface area (Å²) in [7, 11) is 1.56. The Morgan fingerprint density at radius 1 is 1.06 bits per heavy atom. The van der Waals surface area contributed by atoms with Gasteiger partial charge in [-0.25, -0.2) is 10.3 Å². The average Bonchev–Trinajstić information content (AvgIpc) is 2.80. The van der Waals surface area contributed by atoms with Crippen molar-refractivity contribution >= 4 is 23.6 Å². The van der Waals surface area contributed by atoms with E-state index in [2.05, 4.69) is 5.32 Å². The zero-order valence-corrected chi connectivity index (χ0v) is 19.6. The Kier molecular flexibility index (Phi) is 7.62. The van der Waals surface area contributed by atoms with Crippen LogP contribution in [0, 0.1) is 0 Å². The number of nitrogens with one attached hydrogen (secondary N) is 2. The highest BCUT2D eigenvalue weighted by atomic mass is 16.6. The molecule has 1 atom stereocenters. The third kappa shape index (κ3) is 6.38. The fraction of sp³-hybridized carbons (Fsp3) is 0.375. The van der Waals surface area contributed by atoms with Gasteiger partial charge in [-0.15, -0.1) is 0 Å². The normalized spacial score (nSPS) is 15.1. The van der Waals surface area contributed by atoms with Crippen molar-refractivity contribution in [3.63, 3.8) is 0 Å². The first kappa shape index (κ1) is 24.8. The summed E-state index contributed by atoms with van der Waals surface area (Å²) >= 11 is 0. The van der Waals surface area contributed by atoms with Crippen LogP contribution in [0.25, 0.3) is 0 Å². The van der Waals surface area contributed by atoms with Crippen LogP contribution in [0.2, 0.25) is 0 Å². The van der Waals surface area contributed by atoms with Crippen LogP contribution >= 0.6 is 0 Å². The van der Waals surface area contributed by atoms with Gasteiger partial charge in [-0.1, -0.05) is 6.07 Å². The van der Waals surface area contributed by atoms with Crippen LogP contribution in [0.4, 0.5) is 10.5 Å². The Labute approximate surface area is 197 Å². The number of anilines is 1. The van der Waals surface area contributed by atoms with E-state index in [0.717, 1.165) is 11.1 Å². The monoisotopic (exact) mass is 471 g/mol. The van der Waals surface area contributed by atoms with E-state index in [1.54, 1.807) is 70.3 Å². The molecule has 182 valence electrons. The highest BCUT2D eigenvalue weighted by Crippen LogP contribution is 2.29. The second-order valence-corrected chi connectivity index (χ2v) is 8.80. The maximum Gasteiger partial charge on any atom is 0.411 e. The summed E-state index contributed by atoms with van der Waals surface area (Å²) in [6.07, 6.45) is -0.340. The first-order valence-corrected chi connectivity index (χ1v) is 10.7. The topological polar surface area (TPSA) is 126 Å². The quantitative estimate of drug-likeness (QED) is 0.437. The molecule has 2 aromatic rings. The van der Waals surface area contributed by atoms with E-state index in [1.807, 2.05) is 0 Å². The highest BCUT2D eigenvalue weighted by molar-refractivity contribution is 5.97. The maximum absolute atomic E-state index is 13.2. The lowest BCUT2D eigenvalue weighted by Crippen LogP contribution is -2.52. The second kappa shape index (κ2) is 10.4. The Hall–Kier alpha value is -3.79. The van der Waals surface area contributed by atoms with Crippen molar-refractivity contribution in [2.24, 2.45) is 0 Å². The van der Waals surface area contributed by atoms with Crippen LogP contribution in [-0.2, 0) is 27.3 Å². The van der Waals surface area contributed by atoms with E-state index in [9.17, 15) is 14.4 Å². The molecule has 10 nitrogen and oxygen atoms in total. The summed E-state index contributed by atoms with van der Waals surface area (Å²) in [5, 5.41) is 11.5. The van der Waals surface area contributed by atoms with Gasteiger partial charge in [0.1, 0.15) is 23.1 Å². The summed E-state index contributed by atoms with van der Waals surface area (Å²) in [5.41, 5.74) is 2.97. The van der Waals surface area contributed by atoms with Gasteiger partial charge in [-0.2, -0.15) is 0 Å². The smallest absolute Gasteiger partial charge is 0.411 e. The fourth-order valence-electron chi connectivity index (χ4n) is 3.48. The summed E-state index contributed by atoms with van der Waals surface area (Å²) in [6, 6.07) is 11.3. The van der Waals surface area contributed by atoms with Gasteiger partial charge < -0.3 is 19.5 Å². The Morgan fingerprint density at radius 3 is 2.35 bits per heavy atom. The first-order chi connectivity index (χ1) is 16.1. The molecule has 0 spiro atoms.